The molecule has 110 valence electrons. The zero-order valence-corrected chi connectivity index (χ0v) is 11.7. The van der Waals surface area contributed by atoms with Gasteiger partial charge < -0.3 is 19.5 Å². The summed E-state index contributed by atoms with van der Waals surface area (Å²) >= 11 is 0. The van der Waals surface area contributed by atoms with Crippen LogP contribution in [0.1, 0.15) is 25.7 Å². The van der Waals surface area contributed by atoms with Crippen LogP contribution in [0.2, 0.25) is 0 Å². The fourth-order valence-corrected chi connectivity index (χ4v) is 2.45. The Morgan fingerprint density at radius 2 is 1.85 bits per heavy atom. The van der Waals surface area contributed by atoms with Crippen molar-refractivity contribution in [2.75, 3.05) is 25.7 Å². The SMILES string of the molecule is COc1cc(OC)nc(N(CC(=O)O)C2CCCC2)n1. The van der Waals surface area contributed by atoms with E-state index in [1.165, 1.54) is 14.2 Å². The van der Waals surface area contributed by atoms with Crippen molar-refractivity contribution in [1.29, 1.82) is 0 Å². The van der Waals surface area contributed by atoms with E-state index < -0.39 is 5.97 Å². The first-order valence-electron chi connectivity index (χ1n) is 6.59. The largest absolute Gasteiger partial charge is 0.481 e. The third kappa shape index (κ3) is 3.28. The van der Waals surface area contributed by atoms with Crippen molar-refractivity contribution < 1.29 is 19.4 Å². The summed E-state index contributed by atoms with van der Waals surface area (Å²) in [6.07, 6.45) is 4.11. The van der Waals surface area contributed by atoms with Crippen LogP contribution >= 0.6 is 0 Å². The van der Waals surface area contributed by atoms with Gasteiger partial charge in [-0.25, -0.2) is 0 Å². The van der Waals surface area contributed by atoms with Crippen LogP contribution in [-0.4, -0.2) is 47.8 Å². The Hall–Kier alpha value is -2.05. The molecule has 1 aliphatic carbocycles. The Labute approximate surface area is 117 Å². The number of hydrogen-bond acceptors (Lipinski definition) is 6. The van der Waals surface area contributed by atoms with Crippen LogP contribution in [0, 0.1) is 0 Å². The first-order chi connectivity index (χ1) is 9.63. The Bertz CT molecular complexity index is 452. The number of rotatable bonds is 6. The molecular weight excluding hydrogens is 262 g/mol. The average Bonchev–Trinajstić information content (AvgIpc) is 2.97. The smallest absolute Gasteiger partial charge is 0.323 e. The minimum Gasteiger partial charge on any atom is -0.481 e. The number of hydrogen-bond donors (Lipinski definition) is 1. The summed E-state index contributed by atoms with van der Waals surface area (Å²) in [6.45, 7) is -0.124. The van der Waals surface area contributed by atoms with Gasteiger partial charge in [-0.1, -0.05) is 12.8 Å². The van der Waals surface area contributed by atoms with Gasteiger partial charge in [0.1, 0.15) is 6.54 Å². The van der Waals surface area contributed by atoms with E-state index in [0.717, 1.165) is 25.7 Å². The lowest BCUT2D eigenvalue weighted by atomic mass is 10.2. The summed E-state index contributed by atoms with van der Waals surface area (Å²) in [7, 11) is 3.01. The van der Waals surface area contributed by atoms with Crippen LogP contribution in [-0.2, 0) is 4.79 Å². The van der Waals surface area contributed by atoms with E-state index in [4.69, 9.17) is 14.6 Å². The van der Waals surface area contributed by atoms with Crippen molar-refractivity contribution in [2.45, 2.75) is 31.7 Å². The molecule has 0 aliphatic heterocycles. The van der Waals surface area contributed by atoms with E-state index in [1.807, 2.05) is 0 Å². The molecule has 1 heterocycles. The lowest BCUT2D eigenvalue weighted by molar-refractivity contribution is -0.135. The summed E-state index contributed by atoms with van der Waals surface area (Å²) in [5, 5.41) is 9.10. The van der Waals surface area contributed by atoms with Gasteiger partial charge in [0.15, 0.2) is 0 Å². The van der Waals surface area contributed by atoms with Gasteiger partial charge in [0.05, 0.1) is 20.3 Å². The minimum absolute atomic E-state index is 0.124. The molecule has 0 saturated heterocycles. The standard InChI is InChI=1S/C13H19N3O4/c1-19-10-7-11(20-2)15-13(14-10)16(8-12(17)18)9-5-3-4-6-9/h7,9H,3-6,8H2,1-2H3,(H,17,18). The van der Waals surface area contributed by atoms with Crippen molar-refractivity contribution in [1.82, 2.24) is 9.97 Å². The number of carboxylic acid groups (broad SMARTS) is 1. The highest BCUT2D eigenvalue weighted by molar-refractivity contribution is 5.73. The topological polar surface area (TPSA) is 84.8 Å². The maximum absolute atomic E-state index is 11.1. The second-order valence-electron chi connectivity index (χ2n) is 4.71. The number of anilines is 1. The molecule has 2 rings (SSSR count). The van der Waals surface area contributed by atoms with E-state index in [2.05, 4.69) is 9.97 Å². The summed E-state index contributed by atoms with van der Waals surface area (Å²) in [6, 6.07) is 1.72. The fourth-order valence-electron chi connectivity index (χ4n) is 2.45. The van der Waals surface area contributed by atoms with Crippen LogP contribution in [0.5, 0.6) is 11.8 Å². The maximum atomic E-state index is 11.1. The number of carbonyl (C=O) groups is 1. The number of aliphatic carboxylic acids is 1. The Morgan fingerprint density at radius 1 is 1.30 bits per heavy atom. The number of methoxy groups -OCH3 is 2. The highest BCUT2D eigenvalue weighted by atomic mass is 16.5. The first-order valence-corrected chi connectivity index (χ1v) is 6.59. The lowest BCUT2D eigenvalue weighted by Gasteiger charge is -2.27. The molecule has 0 atom stereocenters. The Balaban J connectivity index is 2.33. The molecule has 0 radical (unpaired) electrons. The fraction of sp³-hybridized carbons (Fsp3) is 0.615. The molecule has 1 aliphatic rings. The molecule has 1 N–H and O–H groups in total. The monoisotopic (exact) mass is 281 g/mol. The molecule has 0 amide bonds. The van der Waals surface area contributed by atoms with Crippen molar-refractivity contribution in [3.8, 4) is 11.8 Å². The summed E-state index contributed by atoms with van der Waals surface area (Å²) in [5.74, 6) is 0.165. The molecular formula is C13H19N3O4. The molecule has 0 aromatic carbocycles. The quantitative estimate of drug-likeness (QED) is 0.841. The molecule has 7 nitrogen and oxygen atoms in total. The zero-order valence-electron chi connectivity index (χ0n) is 11.7. The van der Waals surface area contributed by atoms with Gasteiger partial charge in [-0.3, -0.25) is 4.79 Å². The number of ether oxygens (including phenoxy) is 2. The second kappa shape index (κ2) is 6.40. The second-order valence-corrected chi connectivity index (χ2v) is 4.71. The maximum Gasteiger partial charge on any atom is 0.323 e. The highest BCUT2D eigenvalue weighted by Crippen LogP contribution is 2.28. The van der Waals surface area contributed by atoms with Gasteiger partial charge in [0.2, 0.25) is 17.7 Å². The average molecular weight is 281 g/mol. The summed E-state index contributed by atoms with van der Waals surface area (Å²) < 4.78 is 10.2. The van der Waals surface area contributed by atoms with Crippen LogP contribution < -0.4 is 14.4 Å². The van der Waals surface area contributed by atoms with E-state index in [9.17, 15) is 4.79 Å². The van der Waals surface area contributed by atoms with E-state index in [-0.39, 0.29) is 12.6 Å². The van der Waals surface area contributed by atoms with Crippen LogP contribution in [0.4, 0.5) is 5.95 Å². The third-order valence-corrected chi connectivity index (χ3v) is 3.41. The Morgan fingerprint density at radius 3 is 2.30 bits per heavy atom. The van der Waals surface area contributed by atoms with Gasteiger partial charge >= 0.3 is 5.97 Å². The van der Waals surface area contributed by atoms with Crippen molar-refractivity contribution in [3.63, 3.8) is 0 Å². The van der Waals surface area contributed by atoms with Gasteiger partial charge in [-0.2, -0.15) is 9.97 Å². The predicted octanol–water partition coefficient (Wildman–Crippen LogP) is 1.33. The van der Waals surface area contributed by atoms with E-state index in [0.29, 0.717) is 17.7 Å². The Kier molecular flexibility index (Phi) is 4.60. The summed E-state index contributed by atoms with van der Waals surface area (Å²) in [4.78, 5) is 21.3. The first kappa shape index (κ1) is 14.4. The number of carboxylic acids is 1. The van der Waals surface area contributed by atoms with Gasteiger partial charge in [-0.05, 0) is 12.8 Å². The number of aromatic nitrogens is 2. The normalized spacial score (nSPS) is 15.1. The third-order valence-electron chi connectivity index (χ3n) is 3.41. The molecule has 0 bridgehead atoms. The van der Waals surface area contributed by atoms with Crippen molar-refractivity contribution in [2.24, 2.45) is 0 Å². The predicted molar refractivity (Wildman–Crippen MR) is 72.4 cm³/mol. The van der Waals surface area contributed by atoms with Crippen LogP contribution in [0.3, 0.4) is 0 Å². The molecule has 0 spiro atoms. The zero-order chi connectivity index (χ0) is 14.5. The molecule has 1 aromatic heterocycles. The van der Waals surface area contributed by atoms with Crippen LogP contribution in [0.15, 0.2) is 6.07 Å². The van der Waals surface area contributed by atoms with Crippen LogP contribution in [0.25, 0.3) is 0 Å². The van der Waals surface area contributed by atoms with Gasteiger partial charge in [0.25, 0.3) is 0 Å². The van der Waals surface area contributed by atoms with E-state index in [1.54, 1.807) is 11.0 Å². The molecule has 1 fully saturated rings. The van der Waals surface area contributed by atoms with Gasteiger partial charge in [-0.15, -0.1) is 0 Å². The molecule has 0 unspecified atom stereocenters. The number of nitrogens with zero attached hydrogens (tertiary/aromatic N) is 3. The molecule has 20 heavy (non-hydrogen) atoms. The highest BCUT2D eigenvalue weighted by Gasteiger charge is 2.27. The molecule has 7 heteroatoms. The summed E-state index contributed by atoms with van der Waals surface area (Å²) in [5.41, 5.74) is 0. The molecule has 1 aromatic rings. The van der Waals surface area contributed by atoms with E-state index >= 15 is 0 Å². The van der Waals surface area contributed by atoms with Gasteiger partial charge in [0, 0.05) is 6.04 Å². The minimum atomic E-state index is -0.901. The lowest BCUT2D eigenvalue weighted by Crippen LogP contribution is -2.39. The molecule has 1 saturated carbocycles. The van der Waals surface area contributed by atoms with Crippen molar-refractivity contribution in [3.05, 3.63) is 6.07 Å². The van der Waals surface area contributed by atoms with Crippen molar-refractivity contribution >= 4 is 11.9 Å².